The number of carbonyl (C=O) groups is 1. The van der Waals surface area contributed by atoms with E-state index in [0.29, 0.717) is 6.54 Å². The molecule has 0 atom stereocenters. The maximum absolute atomic E-state index is 11.3. The van der Waals surface area contributed by atoms with Crippen LogP contribution in [0.15, 0.2) is 0 Å². The molecule has 0 rings (SSSR count). The lowest BCUT2D eigenvalue weighted by molar-refractivity contribution is 0.0526. The van der Waals surface area contributed by atoms with E-state index in [1.807, 2.05) is 20.8 Å². The van der Waals surface area contributed by atoms with Crippen LogP contribution in [0, 0.1) is 0 Å². The third-order valence-corrected chi connectivity index (χ3v) is 2.24. The zero-order valence-electron chi connectivity index (χ0n) is 12.0. The van der Waals surface area contributed by atoms with E-state index < -0.39 is 5.60 Å². The van der Waals surface area contributed by atoms with E-state index >= 15 is 0 Å². The van der Waals surface area contributed by atoms with Gasteiger partial charge in [-0.1, -0.05) is 6.92 Å². The van der Waals surface area contributed by atoms with Crippen LogP contribution in [0.2, 0.25) is 0 Å². The second-order valence-electron chi connectivity index (χ2n) is 5.44. The number of nitrogens with one attached hydrogen (secondary N) is 1. The van der Waals surface area contributed by atoms with E-state index in [9.17, 15) is 4.79 Å². The van der Waals surface area contributed by atoms with Gasteiger partial charge in [-0.25, -0.2) is 4.79 Å². The Labute approximate surface area is 106 Å². The number of carbonyl (C=O) groups excluding carboxylic acids is 1. The highest BCUT2D eigenvalue weighted by Gasteiger charge is 2.15. The highest BCUT2D eigenvalue weighted by molar-refractivity contribution is 5.67. The molecule has 0 aromatic heterocycles. The smallest absolute Gasteiger partial charge is 0.407 e. The van der Waals surface area contributed by atoms with Gasteiger partial charge in [-0.05, 0) is 60.2 Å². The van der Waals surface area contributed by atoms with Crippen molar-refractivity contribution >= 4 is 6.09 Å². The fourth-order valence-electron chi connectivity index (χ4n) is 1.50. The predicted octanol–water partition coefficient (Wildman–Crippen LogP) is 2.63. The number of ether oxygens (including phenoxy) is 1. The van der Waals surface area contributed by atoms with Crippen LogP contribution >= 0.6 is 0 Å². The van der Waals surface area contributed by atoms with Crippen LogP contribution < -0.4 is 5.32 Å². The Morgan fingerprint density at radius 2 is 1.88 bits per heavy atom. The summed E-state index contributed by atoms with van der Waals surface area (Å²) in [5.41, 5.74) is -0.411. The molecule has 0 spiro atoms. The second-order valence-corrected chi connectivity index (χ2v) is 5.44. The molecule has 0 saturated heterocycles. The van der Waals surface area contributed by atoms with Gasteiger partial charge in [-0.15, -0.1) is 0 Å². The van der Waals surface area contributed by atoms with E-state index in [2.05, 4.69) is 24.2 Å². The third kappa shape index (κ3) is 11.5. The molecule has 0 fully saturated rings. The summed E-state index contributed by atoms with van der Waals surface area (Å²) in [7, 11) is 2.13. The fourth-order valence-corrected chi connectivity index (χ4v) is 1.50. The zero-order chi connectivity index (χ0) is 13.3. The average Bonchev–Trinajstić information content (AvgIpc) is 2.14. The molecule has 0 saturated carbocycles. The van der Waals surface area contributed by atoms with Gasteiger partial charge in [-0.3, -0.25) is 0 Å². The summed E-state index contributed by atoms with van der Waals surface area (Å²) in [6.45, 7) is 10.7. The molecular formula is C13H28N2O2. The molecule has 0 radical (unpaired) electrons. The van der Waals surface area contributed by atoms with Crippen molar-refractivity contribution in [2.75, 3.05) is 26.7 Å². The van der Waals surface area contributed by atoms with Crippen molar-refractivity contribution in [2.24, 2.45) is 0 Å². The van der Waals surface area contributed by atoms with Gasteiger partial charge in [0.15, 0.2) is 0 Å². The van der Waals surface area contributed by atoms with Gasteiger partial charge in [-0.2, -0.15) is 0 Å². The monoisotopic (exact) mass is 244 g/mol. The molecule has 0 aromatic rings. The SMILES string of the molecule is CCCN(C)CCCCNC(=O)OC(C)(C)C. The Balaban J connectivity index is 3.43. The molecule has 0 aliphatic rings. The molecule has 1 amide bonds. The highest BCUT2D eigenvalue weighted by Crippen LogP contribution is 2.06. The summed E-state index contributed by atoms with van der Waals surface area (Å²) in [4.78, 5) is 13.6. The van der Waals surface area contributed by atoms with Crippen LogP contribution in [0.4, 0.5) is 4.79 Å². The lowest BCUT2D eigenvalue weighted by Crippen LogP contribution is -2.33. The molecule has 0 heterocycles. The number of rotatable bonds is 7. The van der Waals surface area contributed by atoms with E-state index in [4.69, 9.17) is 4.74 Å². The van der Waals surface area contributed by atoms with Crippen LogP contribution in [0.5, 0.6) is 0 Å². The maximum atomic E-state index is 11.3. The third-order valence-electron chi connectivity index (χ3n) is 2.24. The largest absolute Gasteiger partial charge is 0.444 e. The van der Waals surface area contributed by atoms with Gasteiger partial charge in [0.2, 0.25) is 0 Å². The maximum Gasteiger partial charge on any atom is 0.407 e. The Morgan fingerprint density at radius 3 is 2.41 bits per heavy atom. The first-order valence-corrected chi connectivity index (χ1v) is 6.50. The number of alkyl carbamates (subject to hydrolysis) is 1. The Morgan fingerprint density at radius 1 is 1.24 bits per heavy atom. The van der Waals surface area contributed by atoms with Crippen LogP contribution in [-0.4, -0.2) is 43.3 Å². The van der Waals surface area contributed by atoms with Gasteiger partial charge >= 0.3 is 6.09 Å². The Bertz CT molecular complexity index is 212. The van der Waals surface area contributed by atoms with Crippen LogP contribution in [-0.2, 0) is 4.74 Å². The van der Waals surface area contributed by atoms with Crippen LogP contribution in [0.25, 0.3) is 0 Å². The molecule has 0 aromatic carbocycles. The lowest BCUT2D eigenvalue weighted by atomic mass is 10.2. The molecule has 0 bridgehead atoms. The summed E-state index contributed by atoms with van der Waals surface area (Å²) in [6, 6.07) is 0. The molecule has 4 heteroatoms. The van der Waals surface area contributed by atoms with Gasteiger partial charge < -0.3 is 15.0 Å². The molecule has 0 aliphatic heterocycles. The summed E-state index contributed by atoms with van der Waals surface area (Å²) >= 11 is 0. The van der Waals surface area contributed by atoms with Crippen molar-refractivity contribution < 1.29 is 9.53 Å². The summed E-state index contributed by atoms with van der Waals surface area (Å²) in [6.07, 6.45) is 2.96. The van der Waals surface area contributed by atoms with Crippen molar-refractivity contribution in [1.82, 2.24) is 10.2 Å². The van der Waals surface area contributed by atoms with Crippen molar-refractivity contribution in [3.05, 3.63) is 0 Å². The minimum absolute atomic E-state index is 0.320. The second kappa shape index (κ2) is 8.34. The molecule has 1 N–H and O–H groups in total. The van der Waals surface area contributed by atoms with Gasteiger partial charge in [0.05, 0.1) is 0 Å². The molecular weight excluding hydrogens is 216 g/mol. The Kier molecular flexibility index (Phi) is 7.96. The van der Waals surface area contributed by atoms with Gasteiger partial charge in [0.1, 0.15) is 5.60 Å². The molecule has 0 unspecified atom stereocenters. The first-order valence-electron chi connectivity index (χ1n) is 6.50. The van der Waals surface area contributed by atoms with E-state index in [1.165, 1.54) is 6.42 Å². The minimum atomic E-state index is -0.411. The summed E-state index contributed by atoms with van der Waals surface area (Å²) in [5.74, 6) is 0. The first kappa shape index (κ1) is 16.2. The van der Waals surface area contributed by atoms with Gasteiger partial charge in [0, 0.05) is 6.54 Å². The molecule has 17 heavy (non-hydrogen) atoms. The lowest BCUT2D eigenvalue weighted by Gasteiger charge is -2.20. The summed E-state index contributed by atoms with van der Waals surface area (Å²) < 4.78 is 5.14. The highest BCUT2D eigenvalue weighted by atomic mass is 16.6. The number of amides is 1. The zero-order valence-corrected chi connectivity index (χ0v) is 12.0. The quantitative estimate of drug-likeness (QED) is 0.700. The fraction of sp³-hybridized carbons (Fsp3) is 0.923. The van der Waals surface area contributed by atoms with Crippen molar-refractivity contribution in [3.63, 3.8) is 0 Å². The van der Waals surface area contributed by atoms with E-state index in [0.717, 1.165) is 25.9 Å². The molecule has 0 aliphatic carbocycles. The Hall–Kier alpha value is -0.770. The first-order chi connectivity index (χ1) is 7.85. The van der Waals surface area contributed by atoms with E-state index in [1.54, 1.807) is 0 Å². The van der Waals surface area contributed by atoms with Gasteiger partial charge in [0.25, 0.3) is 0 Å². The molecule has 102 valence electrons. The van der Waals surface area contributed by atoms with Crippen molar-refractivity contribution in [1.29, 1.82) is 0 Å². The standard InChI is InChI=1S/C13H28N2O2/c1-6-10-15(5)11-8-7-9-14-12(16)17-13(2,3)4/h6-11H2,1-5H3,(H,14,16). The number of unbranched alkanes of at least 4 members (excludes halogenated alkanes) is 1. The van der Waals surface area contributed by atoms with E-state index in [-0.39, 0.29) is 6.09 Å². The predicted molar refractivity (Wildman–Crippen MR) is 71.3 cm³/mol. The normalized spacial score (nSPS) is 11.6. The molecule has 4 nitrogen and oxygen atoms in total. The number of nitrogens with zero attached hydrogens (tertiary/aromatic N) is 1. The minimum Gasteiger partial charge on any atom is -0.444 e. The summed E-state index contributed by atoms with van der Waals surface area (Å²) in [5, 5.41) is 2.77. The topological polar surface area (TPSA) is 41.6 Å². The number of hydrogen-bond donors (Lipinski definition) is 1. The van der Waals surface area contributed by atoms with Crippen LogP contribution in [0.3, 0.4) is 0 Å². The van der Waals surface area contributed by atoms with Crippen molar-refractivity contribution in [3.8, 4) is 0 Å². The van der Waals surface area contributed by atoms with Crippen molar-refractivity contribution in [2.45, 2.75) is 52.6 Å². The average molecular weight is 244 g/mol. The number of hydrogen-bond acceptors (Lipinski definition) is 3. The van der Waals surface area contributed by atoms with Crippen LogP contribution in [0.1, 0.15) is 47.0 Å².